The smallest absolute Gasteiger partial charge is 0.343 e. The number of fused-ring (bicyclic) bond motifs is 1. The maximum Gasteiger partial charge on any atom is 0.343 e. The van der Waals surface area contributed by atoms with Crippen LogP contribution in [-0.4, -0.2) is 31.5 Å². The van der Waals surface area contributed by atoms with E-state index in [0.29, 0.717) is 28.4 Å². The summed E-state index contributed by atoms with van der Waals surface area (Å²) in [6, 6.07) is 22.2. The van der Waals surface area contributed by atoms with Crippen molar-refractivity contribution in [2.45, 2.75) is 27.7 Å². The monoisotopic (exact) mass is 580 g/mol. The van der Waals surface area contributed by atoms with Gasteiger partial charge in [0, 0.05) is 11.1 Å². The van der Waals surface area contributed by atoms with Crippen LogP contribution in [0, 0.1) is 13.8 Å². The first-order valence-corrected chi connectivity index (χ1v) is 13.4. The zero-order chi connectivity index (χ0) is 31.1. The largest absolute Gasteiger partial charge is 0.457 e. The van der Waals surface area contributed by atoms with Crippen molar-refractivity contribution in [1.82, 2.24) is 0 Å². The molecule has 0 amide bonds. The van der Waals surface area contributed by atoms with Gasteiger partial charge in [0.05, 0.1) is 5.56 Å². The minimum absolute atomic E-state index is 0.197. The Bertz CT molecular complexity index is 1690. The molecule has 4 aromatic rings. The third kappa shape index (κ3) is 7.89. The first kappa shape index (κ1) is 30.6. The zero-order valence-electron chi connectivity index (χ0n) is 24.5. The maximum absolute atomic E-state index is 12.9. The molecule has 0 atom stereocenters. The standard InChI is InChI=1S/C35H32O8/c1-21(2)33(36)41-19-39-30-14-13-28-17-27(11-12-29(28)18-30)25-7-9-26(10-8-25)35(38)43-31-15-23(5)32(24(6)16-31)40-20-42-34(37)22(3)4/h7-18H,1,3,19-20H2,2,4-6H3. The maximum atomic E-state index is 12.9. The lowest BCUT2D eigenvalue weighted by atomic mass is 10.00. The van der Waals surface area contributed by atoms with Crippen molar-refractivity contribution in [3.8, 4) is 28.4 Å². The van der Waals surface area contributed by atoms with Crippen LogP contribution in [0.2, 0.25) is 0 Å². The van der Waals surface area contributed by atoms with Crippen LogP contribution in [0.3, 0.4) is 0 Å². The quantitative estimate of drug-likeness (QED) is 0.0792. The number of ether oxygens (including phenoxy) is 5. The Balaban J connectivity index is 1.38. The summed E-state index contributed by atoms with van der Waals surface area (Å²) in [6.07, 6.45) is 0. The molecule has 4 rings (SSSR count). The summed E-state index contributed by atoms with van der Waals surface area (Å²) >= 11 is 0. The lowest BCUT2D eigenvalue weighted by Gasteiger charge is -2.14. The first-order chi connectivity index (χ1) is 20.5. The van der Waals surface area contributed by atoms with Crippen LogP contribution in [0.25, 0.3) is 21.9 Å². The SMILES string of the molecule is C=C(C)C(=O)OCOc1ccc2cc(-c3ccc(C(=O)Oc4cc(C)c(OCOC(=O)C(=C)C)c(C)c4)cc3)ccc2c1. The molecule has 4 aromatic carbocycles. The zero-order valence-corrected chi connectivity index (χ0v) is 24.5. The topological polar surface area (TPSA) is 97.4 Å². The van der Waals surface area contributed by atoms with E-state index in [4.69, 9.17) is 23.7 Å². The van der Waals surface area contributed by atoms with E-state index in [0.717, 1.165) is 33.0 Å². The van der Waals surface area contributed by atoms with Gasteiger partial charge >= 0.3 is 17.9 Å². The molecule has 0 fully saturated rings. The van der Waals surface area contributed by atoms with Crippen LogP contribution >= 0.6 is 0 Å². The van der Waals surface area contributed by atoms with E-state index >= 15 is 0 Å². The summed E-state index contributed by atoms with van der Waals surface area (Å²) in [5, 5.41) is 1.96. The van der Waals surface area contributed by atoms with E-state index in [1.54, 1.807) is 44.2 Å². The fourth-order valence-corrected chi connectivity index (χ4v) is 4.19. The van der Waals surface area contributed by atoms with Gasteiger partial charge in [-0.25, -0.2) is 14.4 Å². The highest BCUT2D eigenvalue weighted by Crippen LogP contribution is 2.30. The van der Waals surface area contributed by atoms with Crippen LogP contribution in [0.15, 0.2) is 97.1 Å². The molecule has 8 heteroatoms. The Hall–Kier alpha value is -5.37. The normalized spacial score (nSPS) is 10.5. The molecule has 0 aliphatic rings. The van der Waals surface area contributed by atoms with E-state index in [-0.39, 0.29) is 19.2 Å². The molecule has 0 N–H and O–H groups in total. The fourth-order valence-electron chi connectivity index (χ4n) is 4.19. The number of rotatable bonds is 11. The van der Waals surface area contributed by atoms with Gasteiger partial charge < -0.3 is 23.7 Å². The van der Waals surface area contributed by atoms with E-state index in [1.165, 1.54) is 0 Å². The number of carbonyl (C=O) groups excluding carboxylic acids is 3. The van der Waals surface area contributed by atoms with E-state index in [2.05, 4.69) is 13.2 Å². The van der Waals surface area contributed by atoms with Crippen molar-refractivity contribution in [1.29, 1.82) is 0 Å². The second-order valence-electron chi connectivity index (χ2n) is 10.0. The van der Waals surface area contributed by atoms with Crippen LogP contribution in [-0.2, 0) is 19.1 Å². The number of aryl methyl sites for hydroxylation is 2. The van der Waals surface area contributed by atoms with Gasteiger partial charge in [0.15, 0.2) is 0 Å². The average molecular weight is 581 g/mol. The molecule has 43 heavy (non-hydrogen) atoms. The first-order valence-electron chi connectivity index (χ1n) is 13.4. The highest BCUT2D eigenvalue weighted by molar-refractivity contribution is 5.93. The molecule has 0 aliphatic carbocycles. The summed E-state index contributed by atoms with van der Waals surface area (Å²) in [4.78, 5) is 35.9. The number of benzene rings is 4. The summed E-state index contributed by atoms with van der Waals surface area (Å²) in [5.74, 6) is -0.0300. The lowest BCUT2D eigenvalue weighted by Crippen LogP contribution is -2.12. The summed E-state index contributed by atoms with van der Waals surface area (Å²) in [7, 11) is 0. The van der Waals surface area contributed by atoms with Gasteiger partial charge in [-0.15, -0.1) is 0 Å². The molecule has 0 saturated carbocycles. The number of hydrogen-bond donors (Lipinski definition) is 0. The molecular weight excluding hydrogens is 548 g/mol. The number of carbonyl (C=O) groups is 3. The molecule has 0 aliphatic heterocycles. The molecule has 0 heterocycles. The molecule has 8 nitrogen and oxygen atoms in total. The van der Waals surface area contributed by atoms with Gasteiger partial charge in [0.1, 0.15) is 17.2 Å². The van der Waals surface area contributed by atoms with Gasteiger partial charge in [0.25, 0.3) is 0 Å². The number of esters is 3. The summed E-state index contributed by atoms with van der Waals surface area (Å²) < 4.78 is 26.7. The highest BCUT2D eigenvalue weighted by Gasteiger charge is 2.14. The summed E-state index contributed by atoms with van der Waals surface area (Å²) in [6.45, 7) is 13.4. The minimum Gasteiger partial charge on any atom is -0.457 e. The van der Waals surface area contributed by atoms with Crippen molar-refractivity contribution in [3.05, 3.63) is 114 Å². The Morgan fingerprint density at radius 3 is 1.77 bits per heavy atom. The van der Waals surface area contributed by atoms with Crippen molar-refractivity contribution in [2.24, 2.45) is 0 Å². The van der Waals surface area contributed by atoms with E-state index in [1.807, 2.05) is 56.3 Å². The molecule has 0 saturated heterocycles. The highest BCUT2D eigenvalue weighted by atomic mass is 16.7. The van der Waals surface area contributed by atoms with Crippen molar-refractivity contribution in [2.75, 3.05) is 13.6 Å². The third-order valence-electron chi connectivity index (χ3n) is 6.42. The second-order valence-corrected chi connectivity index (χ2v) is 10.0. The number of hydrogen-bond acceptors (Lipinski definition) is 8. The van der Waals surface area contributed by atoms with Crippen LogP contribution in [0.1, 0.15) is 35.3 Å². The van der Waals surface area contributed by atoms with E-state index in [9.17, 15) is 14.4 Å². The Kier molecular flexibility index (Phi) is 9.62. The Labute approximate surface area is 250 Å². The van der Waals surface area contributed by atoms with Crippen LogP contribution < -0.4 is 14.2 Å². The molecule has 0 spiro atoms. The average Bonchev–Trinajstić information content (AvgIpc) is 2.98. The third-order valence-corrected chi connectivity index (χ3v) is 6.42. The van der Waals surface area contributed by atoms with Gasteiger partial charge in [-0.2, -0.15) is 0 Å². The van der Waals surface area contributed by atoms with Gasteiger partial charge in [-0.3, -0.25) is 0 Å². The lowest BCUT2D eigenvalue weighted by molar-refractivity contribution is -0.146. The molecule has 220 valence electrons. The Morgan fingerprint density at radius 2 is 1.16 bits per heavy atom. The molecule has 0 aromatic heterocycles. The molecule has 0 unspecified atom stereocenters. The summed E-state index contributed by atoms with van der Waals surface area (Å²) in [5.41, 5.74) is 4.37. The second kappa shape index (κ2) is 13.5. The van der Waals surface area contributed by atoms with Gasteiger partial charge in [-0.1, -0.05) is 43.5 Å². The van der Waals surface area contributed by atoms with Crippen LogP contribution in [0.4, 0.5) is 0 Å². The van der Waals surface area contributed by atoms with E-state index < -0.39 is 17.9 Å². The van der Waals surface area contributed by atoms with Gasteiger partial charge in [0.2, 0.25) is 13.6 Å². The minimum atomic E-state index is -0.534. The predicted octanol–water partition coefficient (Wildman–Crippen LogP) is 7.25. The fraction of sp³-hybridized carbons (Fsp3) is 0.171. The van der Waals surface area contributed by atoms with Crippen molar-refractivity contribution < 1.29 is 38.1 Å². The molecular formula is C35H32O8. The molecule has 0 bridgehead atoms. The Morgan fingerprint density at radius 1 is 0.628 bits per heavy atom. The predicted molar refractivity (Wildman–Crippen MR) is 163 cm³/mol. The van der Waals surface area contributed by atoms with Crippen LogP contribution in [0.5, 0.6) is 17.2 Å². The molecule has 0 radical (unpaired) electrons. The van der Waals surface area contributed by atoms with Crippen molar-refractivity contribution >= 4 is 28.7 Å². The van der Waals surface area contributed by atoms with Crippen molar-refractivity contribution in [3.63, 3.8) is 0 Å². The van der Waals surface area contributed by atoms with Gasteiger partial charge in [-0.05, 0) is 103 Å².